The Labute approximate surface area is 119 Å². The van der Waals surface area contributed by atoms with Crippen molar-refractivity contribution < 1.29 is 23.1 Å². The molecule has 1 aromatic rings. The standard InChI is InChI=1S/C12H14F2N2O3S/c1-19-5-4-15-12(18)16-11(17)7-20-10-6-8(13)2-3-9(10)14/h2-3,6H,4-5,7H2,1H3,(H2,15,16,17,18). The number of carbonyl (C=O) groups is 2. The molecule has 0 bridgehead atoms. The molecular formula is C12H14F2N2O3S. The third-order valence-corrected chi connectivity index (χ3v) is 3.13. The van der Waals surface area contributed by atoms with Crippen molar-refractivity contribution in [1.82, 2.24) is 10.6 Å². The number of benzene rings is 1. The van der Waals surface area contributed by atoms with Crippen LogP contribution in [-0.4, -0.2) is 38.0 Å². The van der Waals surface area contributed by atoms with Gasteiger partial charge in [0.2, 0.25) is 5.91 Å². The summed E-state index contributed by atoms with van der Waals surface area (Å²) in [4.78, 5) is 22.6. The molecule has 0 atom stereocenters. The number of amides is 3. The fourth-order valence-electron chi connectivity index (χ4n) is 1.20. The Kier molecular flexibility index (Phi) is 6.96. The topological polar surface area (TPSA) is 67.4 Å². The van der Waals surface area contributed by atoms with Crippen molar-refractivity contribution in [3.63, 3.8) is 0 Å². The van der Waals surface area contributed by atoms with Gasteiger partial charge in [-0.1, -0.05) is 0 Å². The first-order chi connectivity index (χ1) is 9.52. The molecule has 0 fully saturated rings. The average Bonchev–Trinajstić information content (AvgIpc) is 2.40. The van der Waals surface area contributed by atoms with E-state index in [1.165, 1.54) is 7.11 Å². The smallest absolute Gasteiger partial charge is 0.321 e. The molecule has 0 radical (unpaired) electrons. The molecule has 0 spiro atoms. The van der Waals surface area contributed by atoms with Crippen molar-refractivity contribution in [3.05, 3.63) is 29.8 Å². The first-order valence-corrected chi connectivity index (χ1v) is 6.66. The zero-order chi connectivity index (χ0) is 15.0. The van der Waals surface area contributed by atoms with Crippen LogP contribution in [0.3, 0.4) is 0 Å². The van der Waals surface area contributed by atoms with Crippen LogP contribution in [-0.2, 0) is 9.53 Å². The van der Waals surface area contributed by atoms with E-state index in [9.17, 15) is 18.4 Å². The van der Waals surface area contributed by atoms with Crippen molar-refractivity contribution in [2.75, 3.05) is 26.0 Å². The number of hydrogen-bond donors (Lipinski definition) is 2. The zero-order valence-electron chi connectivity index (χ0n) is 10.7. The Morgan fingerprint density at radius 3 is 2.80 bits per heavy atom. The van der Waals surface area contributed by atoms with Gasteiger partial charge < -0.3 is 10.1 Å². The largest absolute Gasteiger partial charge is 0.383 e. The van der Waals surface area contributed by atoms with E-state index in [0.717, 1.165) is 30.0 Å². The van der Waals surface area contributed by atoms with Gasteiger partial charge in [-0.3, -0.25) is 10.1 Å². The van der Waals surface area contributed by atoms with E-state index in [4.69, 9.17) is 4.74 Å². The van der Waals surface area contributed by atoms with Crippen LogP contribution in [0, 0.1) is 11.6 Å². The molecule has 110 valence electrons. The lowest BCUT2D eigenvalue weighted by molar-refractivity contribution is -0.117. The molecule has 0 aliphatic heterocycles. The molecule has 0 aliphatic rings. The minimum Gasteiger partial charge on any atom is -0.383 e. The lowest BCUT2D eigenvalue weighted by atomic mass is 10.3. The summed E-state index contributed by atoms with van der Waals surface area (Å²) in [6.07, 6.45) is 0. The van der Waals surface area contributed by atoms with Gasteiger partial charge in [-0.05, 0) is 18.2 Å². The van der Waals surface area contributed by atoms with E-state index in [-0.39, 0.29) is 17.2 Å². The second-order valence-corrected chi connectivity index (χ2v) is 4.68. The number of hydrogen-bond acceptors (Lipinski definition) is 4. The third kappa shape index (κ3) is 5.98. The van der Waals surface area contributed by atoms with E-state index in [2.05, 4.69) is 10.6 Å². The molecule has 1 aromatic carbocycles. The summed E-state index contributed by atoms with van der Waals surface area (Å²) >= 11 is 0.808. The highest BCUT2D eigenvalue weighted by Gasteiger charge is 2.10. The Balaban J connectivity index is 2.36. The summed E-state index contributed by atoms with van der Waals surface area (Å²) in [6.45, 7) is 0.589. The van der Waals surface area contributed by atoms with E-state index in [1.807, 2.05) is 0 Å². The lowest BCUT2D eigenvalue weighted by Gasteiger charge is -2.06. The molecule has 0 heterocycles. The monoisotopic (exact) mass is 304 g/mol. The molecule has 0 saturated heterocycles. The van der Waals surface area contributed by atoms with Crippen molar-refractivity contribution in [2.45, 2.75) is 4.90 Å². The molecule has 2 N–H and O–H groups in total. The third-order valence-electron chi connectivity index (χ3n) is 2.10. The molecule has 0 unspecified atom stereocenters. The second kappa shape index (κ2) is 8.49. The van der Waals surface area contributed by atoms with Gasteiger partial charge in [0.15, 0.2) is 0 Å². The Bertz CT molecular complexity index is 486. The Hall–Kier alpha value is -1.67. The maximum Gasteiger partial charge on any atom is 0.321 e. The summed E-state index contributed by atoms with van der Waals surface area (Å²) < 4.78 is 30.9. The number of carbonyl (C=O) groups excluding carboxylic acids is 2. The average molecular weight is 304 g/mol. The summed E-state index contributed by atoms with van der Waals surface area (Å²) in [5.41, 5.74) is 0. The van der Waals surface area contributed by atoms with Crippen LogP contribution < -0.4 is 10.6 Å². The van der Waals surface area contributed by atoms with Gasteiger partial charge >= 0.3 is 6.03 Å². The van der Waals surface area contributed by atoms with Gasteiger partial charge in [-0.25, -0.2) is 13.6 Å². The fraction of sp³-hybridized carbons (Fsp3) is 0.333. The molecule has 0 saturated carbocycles. The van der Waals surface area contributed by atoms with Crippen molar-refractivity contribution in [1.29, 1.82) is 0 Å². The second-order valence-electron chi connectivity index (χ2n) is 3.66. The molecule has 8 heteroatoms. The summed E-state index contributed by atoms with van der Waals surface area (Å²) in [5.74, 6) is -2.01. The maximum atomic E-state index is 13.3. The van der Waals surface area contributed by atoms with Gasteiger partial charge in [0.1, 0.15) is 11.6 Å². The van der Waals surface area contributed by atoms with E-state index >= 15 is 0 Å². The first-order valence-electron chi connectivity index (χ1n) is 5.67. The van der Waals surface area contributed by atoms with Crippen molar-refractivity contribution >= 4 is 23.7 Å². The van der Waals surface area contributed by atoms with Crippen LogP contribution in [0.15, 0.2) is 23.1 Å². The highest BCUT2D eigenvalue weighted by atomic mass is 32.2. The number of rotatable bonds is 6. The van der Waals surface area contributed by atoms with Crippen LogP contribution in [0.2, 0.25) is 0 Å². The quantitative estimate of drug-likeness (QED) is 0.618. The van der Waals surface area contributed by atoms with E-state index < -0.39 is 23.6 Å². The molecule has 5 nitrogen and oxygen atoms in total. The number of urea groups is 1. The van der Waals surface area contributed by atoms with Crippen LogP contribution in [0.4, 0.5) is 13.6 Å². The SMILES string of the molecule is COCCNC(=O)NC(=O)CSc1cc(F)ccc1F. The predicted octanol–water partition coefficient (Wildman–Crippen LogP) is 1.53. The highest BCUT2D eigenvalue weighted by molar-refractivity contribution is 8.00. The lowest BCUT2D eigenvalue weighted by Crippen LogP contribution is -2.41. The van der Waals surface area contributed by atoms with Gasteiger partial charge in [-0.15, -0.1) is 11.8 Å². The van der Waals surface area contributed by atoms with E-state index in [1.54, 1.807) is 0 Å². The van der Waals surface area contributed by atoms with Crippen LogP contribution in [0.25, 0.3) is 0 Å². The highest BCUT2D eigenvalue weighted by Crippen LogP contribution is 2.22. The number of halogens is 2. The zero-order valence-corrected chi connectivity index (χ0v) is 11.6. The Morgan fingerprint density at radius 2 is 2.10 bits per heavy atom. The van der Waals surface area contributed by atoms with E-state index in [0.29, 0.717) is 6.61 Å². The number of imide groups is 1. The molecule has 0 aromatic heterocycles. The minimum absolute atomic E-state index is 0.0138. The fourth-order valence-corrected chi connectivity index (χ4v) is 1.97. The first kappa shape index (κ1) is 16.4. The summed E-state index contributed by atoms with van der Waals surface area (Å²) in [7, 11) is 1.48. The van der Waals surface area contributed by atoms with Crippen molar-refractivity contribution in [2.24, 2.45) is 0 Å². The molecule has 1 rings (SSSR count). The number of nitrogens with one attached hydrogen (secondary N) is 2. The minimum atomic E-state index is -0.660. The van der Waals surface area contributed by atoms with Gasteiger partial charge in [0.05, 0.1) is 12.4 Å². The van der Waals surface area contributed by atoms with Crippen LogP contribution in [0.1, 0.15) is 0 Å². The van der Waals surface area contributed by atoms with Gasteiger partial charge in [0.25, 0.3) is 0 Å². The number of ether oxygens (including phenoxy) is 1. The molecule has 20 heavy (non-hydrogen) atoms. The Morgan fingerprint density at radius 1 is 1.35 bits per heavy atom. The van der Waals surface area contributed by atoms with Gasteiger partial charge in [-0.2, -0.15) is 0 Å². The molecule has 0 aliphatic carbocycles. The molecular weight excluding hydrogens is 290 g/mol. The summed E-state index contributed by atoms with van der Waals surface area (Å²) in [5, 5.41) is 4.46. The van der Waals surface area contributed by atoms with Gasteiger partial charge in [0, 0.05) is 18.6 Å². The van der Waals surface area contributed by atoms with Crippen LogP contribution in [0.5, 0.6) is 0 Å². The normalized spacial score (nSPS) is 10.2. The predicted molar refractivity (Wildman–Crippen MR) is 70.5 cm³/mol. The van der Waals surface area contributed by atoms with Crippen LogP contribution >= 0.6 is 11.8 Å². The maximum absolute atomic E-state index is 13.3. The number of methoxy groups -OCH3 is 1. The molecule has 3 amide bonds. The number of thioether (sulfide) groups is 1. The van der Waals surface area contributed by atoms with Crippen molar-refractivity contribution in [3.8, 4) is 0 Å². The summed E-state index contributed by atoms with van der Waals surface area (Å²) in [6, 6.07) is 2.30.